The first-order valence-corrected chi connectivity index (χ1v) is 8.33. The second kappa shape index (κ2) is 7.00. The Morgan fingerprint density at radius 1 is 1.29 bits per heavy atom. The fourth-order valence-electron chi connectivity index (χ4n) is 2.26. The van der Waals surface area contributed by atoms with E-state index in [-0.39, 0.29) is 22.6 Å². The van der Waals surface area contributed by atoms with Crippen LogP contribution in [0.5, 0.6) is 0 Å². The number of para-hydroxylation sites is 2. The summed E-state index contributed by atoms with van der Waals surface area (Å²) in [6, 6.07) is 10.4. The summed E-state index contributed by atoms with van der Waals surface area (Å²) >= 11 is 0.954. The summed E-state index contributed by atoms with van der Waals surface area (Å²) < 4.78 is 26.6. The largest absolute Gasteiger partial charge is 0.346 e. The maximum absolute atomic E-state index is 13.5. The average molecular weight is 347 g/mol. The molecule has 0 unspecified atom stereocenters. The van der Waals surface area contributed by atoms with Crippen LogP contribution < -0.4 is 5.32 Å². The monoisotopic (exact) mass is 347 g/mol. The second-order valence-corrected chi connectivity index (χ2v) is 6.31. The van der Waals surface area contributed by atoms with E-state index in [1.165, 1.54) is 0 Å². The highest BCUT2D eigenvalue weighted by atomic mass is 32.2. The second-order valence-electron chi connectivity index (χ2n) is 5.29. The van der Waals surface area contributed by atoms with Crippen molar-refractivity contribution >= 4 is 28.7 Å². The molecule has 0 radical (unpaired) electrons. The van der Waals surface area contributed by atoms with Gasteiger partial charge < -0.3 is 10.3 Å². The predicted molar refractivity (Wildman–Crippen MR) is 89.7 cm³/mol. The number of aromatic amines is 1. The van der Waals surface area contributed by atoms with Crippen LogP contribution in [0.1, 0.15) is 18.8 Å². The van der Waals surface area contributed by atoms with Crippen LogP contribution in [-0.2, 0) is 4.79 Å². The number of carbonyl (C=O) groups is 1. The van der Waals surface area contributed by atoms with E-state index < -0.39 is 11.6 Å². The van der Waals surface area contributed by atoms with Crippen molar-refractivity contribution in [2.24, 2.45) is 0 Å². The molecule has 4 nitrogen and oxygen atoms in total. The Kier molecular flexibility index (Phi) is 4.80. The van der Waals surface area contributed by atoms with Crippen molar-refractivity contribution in [1.82, 2.24) is 15.3 Å². The molecule has 3 aromatic rings. The first-order valence-electron chi connectivity index (χ1n) is 7.35. The van der Waals surface area contributed by atoms with E-state index in [0.29, 0.717) is 5.82 Å². The molecule has 0 aliphatic rings. The number of imidazole rings is 1. The third-order valence-electron chi connectivity index (χ3n) is 3.45. The zero-order valence-electron chi connectivity index (χ0n) is 12.8. The van der Waals surface area contributed by atoms with Gasteiger partial charge in [0.05, 0.1) is 22.8 Å². The first kappa shape index (κ1) is 16.4. The molecular weight excluding hydrogens is 332 g/mol. The van der Waals surface area contributed by atoms with Gasteiger partial charge in [0.15, 0.2) is 0 Å². The van der Waals surface area contributed by atoms with Crippen molar-refractivity contribution in [3.8, 4) is 0 Å². The Morgan fingerprint density at radius 2 is 2.08 bits per heavy atom. The summed E-state index contributed by atoms with van der Waals surface area (Å²) in [5.74, 6) is -0.720. The summed E-state index contributed by atoms with van der Waals surface area (Å²) in [7, 11) is 0. The molecule has 7 heteroatoms. The van der Waals surface area contributed by atoms with Gasteiger partial charge >= 0.3 is 0 Å². The van der Waals surface area contributed by atoms with Gasteiger partial charge in [-0.2, -0.15) is 0 Å². The van der Waals surface area contributed by atoms with Crippen LogP contribution in [0.3, 0.4) is 0 Å². The number of nitrogens with zero attached hydrogens (tertiary/aromatic N) is 1. The van der Waals surface area contributed by atoms with Gasteiger partial charge in [0, 0.05) is 4.90 Å². The van der Waals surface area contributed by atoms with E-state index in [1.807, 2.05) is 31.2 Å². The normalized spacial score (nSPS) is 12.3. The zero-order chi connectivity index (χ0) is 17.1. The molecule has 24 heavy (non-hydrogen) atoms. The van der Waals surface area contributed by atoms with Gasteiger partial charge in [-0.05, 0) is 37.3 Å². The first-order chi connectivity index (χ1) is 11.5. The number of thioether (sulfide) groups is 1. The Balaban J connectivity index is 1.60. The minimum absolute atomic E-state index is 0.00899. The summed E-state index contributed by atoms with van der Waals surface area (Å²) in [5, 5.41) is 2.79. The SMILES string of the molecule is C[C@H](NC(=O)CSc1cc(F)ccc1F)c1nc2ccccc2[nH]1. The lowest BCUT2D eigenvalue weighted by Crippen LogP contribution is -2.28. The lowest BCUT2D eigenvalue weighted by Gasteiger charge is -2.11. The quantitative estimate of drug-likeness (QED) is 0.690. The molecule has 0 aliphatic carbocycles. The number of hydrogen-bond donors (Lipinski definition) is 2. The number of fused-ring (bicyclic) bond motifs is 1. The molecule has 1 heterocycles. The van der Waals surface area contributed by atoms with Gasteiger partial charge in [-0.15, -0.1) is 11.8 Å². The van der Waals surface area contributed by atoms with Gasteiger partial charge in [-0.1, -0.05) is 12.1 Å². The van der Waals surface area contributed by atoms with Crippen LogP contribution in [0.2, 0.25) is 0 Å². The fourth-order valence-corrected chi connectivity index (χ4v) is 3.03. The summed E-state index contributed by atoms with van der Waals surface area (Å²) in [4.78, 5) is 19.7. The average Bonchev–Trinajstić information content (AvgIpc) is 3.00. The molecular formula is C17H15F2N3OS. The fraction of sp³-hybridized carbons (Fsp3) is 0.176. The van der Waals surface area contributed by atoms with Crippen molar-refractivity contribution < 1.29 is 13.6 Å². The molecule has 0 fully saturated rings. The Hall–Kier alpha value is -2.41. The van der Waals surface area contributed by atoms with E-state index in [1.54, 1.807) is 0 Å². The number of rotatable bonds is 5. The van der Waals surface area contributed by atoms with Crippen molar-refractivity contribution in [3.63, 3.8) is 0 Å². The Bertz CT molecular complexity index is 848. The van der Waals surface area contributed by atoms with Crippen LogP contribution in [0.25, 0.3) is 11.0 Å². The molecule has 124 valence electrons. The van der Waals surface area contributed by atoms with Gasteiger partial charge in [-0.25, -0.2) is 13.8 Å². The van der Waals surface area contributed by atoms with E-state index >= 15 is 0 Å². The summed E-state index contributed by atoms with van der Waals surface area (Å²) in [6.45, 7) is 1.81. The Morgan fingerprint density at radius 3 is 2.88 bits per heavy atom. The number of halogens is 2. The molecule has 0 bridgehead atoms. The molecule has 0 saturated carbocycles. The lowest BCUT2D eigenvalue weighted by atomic mass is 10.3. The minimum atomic E-state index is -0.542. The van der Waals surface area contributed by atoms with Crippen LogP contribution in [-0.4, -0.2) is 21.6 Å². The molecule has 0 saturated heterocycles. The molecule has 1 amide bonds. The molecule has 1 aromatic heterocycles. The topological polar surface area (TPSA) is 57.8 Å². The van der Waals surface area contributed by atoms with Gasteiger partial charge in [-0.3, -0.25) is 4.79 Å². The highest BCUT2D eigenvalue weighted by Crippen LogP contribution is 2.23. The zero-order valence-corrected chi connectivity index (χ0v) is 13.7. The molecule has 0 spiro atoms. The maximum atomic E-state index is 13.5. The number of hydrogen-bond acceptors (Lipinski definition) is 3. The van der Waals surface area contributed by atoms with Gasteiger partial charge in [0.1, 0.15) is 17.5 Å². The number of aromatic nitrogens is 2. The highest BCUT2D eigenvalue weighted by molar-refractivity contribution is 8.00. The van der Waals surface area contributed by atoms with Crippen molar-refractivity contribution in [2.75, 3.05) is 5.75 Å². The standard InChI is InChI=1S/C17H15F2N3OS/c1-10(17-21-13-4-2-3-5-14(13)22-17)20-16(23)9-24-15-8-11(18)6-7-12(15)19/h2-8,10H,9H2,1H3,(H,20,23)(H,21,22)/t10-/m0/s1. The molecule has 2 aromatic carbocycles. The smallest absolute Gasteiger partial charge is 0.230 e. The van der Waals surface area contributed by atoms with Crippen molar-refractivity contribution in [2.45, 2.75) is 17.9 Å². The van der Waals surface area contributed by atoms with Gasteiger partial charge in [0.2, 0.25) is 5.91 Å². The van der Waals surface area contributed by atoms with Crippen molar-refractivity contribution in [3.05, 3.63) is 59.9 Å². The molecule has 1 atom stereocenters. The van der Waals surface area contributed by atoms with E-state index in [9.17, 15) is 13.6 Å². The number of H-pyrrole nitrogens is 1. The van der Waals surface area contributed by atoms with Crippen molar-refractivity contribution in [1.29, 1.82) is 0 Å². The van der Waals surface area contributed by atoms with Crippen LogP contribution in [0, 0.1) is 11.6 Å². The number of carbonyl (C=O) groups excluding carboxylic acids is 1. The van der Waals surface area contributed by atoms with Crippen LogP contribution in [0.15, 0.2) is 47.4 Å². The highest BCUT2D eigenvalue weighted by Gasteiger charge is 2.14. The number of amides is 1. The van der Waals surface area contributed by atoms with Gasteiger partial charge in [0.25, 0.3) is 0 Å². The van der Waals surface area contributed by atoms with E-state index in [0.717, 1.165) is 41.0 Å². The van der Waals surface area contributed by atoms with E-state index in [4.69, 9.17) is 0 Å². The van der Waals surface area contributed by atoms with Crippen LogP contribution in [0.4, 0.5) is 8.78 Å². The lowest BCUT2D eigenvalue weighted by molar-refractivity contribution is -0.119. The maximum Gasteiger partial charge on any atom is 0.230 e. The summed E-state index contributed by atoms with van der Waals surface area (Å²) in [6.07, 6.45) is 0. The Labute approximate surface area is 141 Å². The third kappa shape index (κ3) is 3.73. The number of nitrogens with one attached hydrogen (secondary N) is 2. The van der Waals surface area contributed by atoms with E-state index in [2.05, 4.69) is 15.3 Å². The minimum Gasteiger partial charge on any atom is -0.346 e. The molecule has 2 N–H and O–H groups in total. The predicted octanol–water partition coefficient (Wildman–Crippen LogP) is 3.81. The summed E-state index contributed by atoms with van der Waals surface area (Å²) in [5.41, 5.74) is 1.72. The molecule has 3 rings (SSSR count). The molecule has 0 aliphatic heterocycles. The number of benzene rings is 2. The third-order valence-corrected chi connectivity index (χ3v) is 4.48. The van der Waals surface area contributed by atoms with Crippen LogP contribution >= 0.6 is 11.8 Å².